The molecule has 1 aromatic heterocycles. The summed E-state index contributed by atoms with van der Waals surface area (Å²) >= 11 is 11.5. The summed E-state index contributed by atoms with van der Waals surface area (Å²) in [4.78, 5) is 30.7. The first-order valence-electron chi connectivity index (χ1n) is 10.2. The van der Waals surface area contributed by atoms with Crippen molar-refractivity contribution in [2.24, 2.45) is 0 Å². The normalized spacial score (nSPS) is 10.9. The molecule has 0 atom stereocenters. The van der Waals surface area contributed by atoms with E-state index in [0.717, 1.165) is 11.1 Å². The van der Waals surface area contributed by atoms with E-state index >= 15 is 0 Å². The molecule has 0 saturated heterocycles. The Balaban J connectivity index is 1.58. The fourth-order valence-electron chi connectivity index (χ4n) is 3.68. The molecule has 1 N–H and O–H groups in total. The molecular weight excluding hydrogens is 442 g/mol. The van der Waals surface area contributed by atoms with Crippen molar-refractivity contribution in [2.45, 2.75) is 19.5 Å². The Hall–Kier alpha value is -3.22. The highest BCUT2D eigenvalue weighted by Crippen LogP contribution is 2.16. The number of benzene rings is 3. The van der Waals surface area contributed by atoms with Gasteiger partial charge < -0.3 is 9.88 Å². The van der Waals surface area contributed by atoms with Gasteiger partial charge in [-0.2, -0.15) is 0 Å². The van der Waals surface area contributed by atoms with Gasteiger partial charge in [0.05, 0.1) is 10.9 Å². The molecule has 0 aliphatic rings. The SMILES string of the molecule is CN(Cc1cccc(Cl)c1)C(=O)c1ccc2c(=O)n(CCc3ccccc3)c(=S)[nH]c2c1. The summed E-state index contributed by atoms with van der Waals surface area (Å²) in [6.07, 6.45) is 0.703. The molecule has 0 aliphatic carbocycles. The molecule has 3 aromatic carbocycles. The zero-order valence-corrected chi connectivity index (χ0v) is 19.1. The second-order valence-electron chi connectivity index (χ2n) is 7.67. The van der Waals surface area contributed by atoms with Gasteiger partial charge in [-0.05, 0) is 60.1 Å². The number of nitrogens with one attached hydrogen (secondary N) is 1. The molecule has 4 aromatic rings. The van der Waals surface area contributed by atoms with E-state index in [-0.39, 0.29) is 11.5 Å². The third-order valence-electron chi connectivity index (χ3n) is 5.35. The Morgan fingerprint density at radius 2 is 1.78 bits per heavy atom. The van der Waals surface area contributed by atoms with Gasteiger partial charge in [-0.1, -0.05) is 54.1 Å². The van der Waals surface area contributed by atoms with Crippen LogP contribution in [0.3, 0.4) is 0 Å². The number of H-pyrrole nitrogens is 1. The van der Waals surface area contributed by atoms with Crippen molar-refractivity contribution in [3.8, 4) is 0 Å². The monoisotopic (exact) mass is 463 g/mol. The summed E-state index contributed by atoms with van der Waals surface area (Å²) in [6.45, 7) is 0.908. The minimum absolute atomic E-state index is 0.153. The highest BCUT2D eigenvalue weighted by Gasteiger charge is 2.15. The number of amides is 1. The van der Waals surface area contributed by atoms with Crippen molar-refractivity contribution >= 4 is 40.6 Å². The van der Waals surface area contributed by atoms with E-state index < -0.39 is 0 Å². The molecule has 0 bridgehead atoms. The highest BCUT2D eigenvalue weighted by molar-refractivity contribution is 7.71. The number of rotatable bonds is 6. The average molecular weight is 464 g/mol. The number of hydrogen-bond acceptors (Lipinski definition) is 3. The quantitative estimate of drug-likeness (QED) is 0.398. The van der Waals surface area contributed by atoms with Gasteiger partial charge in [-0.3, -0.25) is 14.2 Å². The third kappa shape index (κ3) is 4.82. The molecule has 7 heteroatoms. The van der Waals surface area contributed by atoms with Crippen LogP contribution in [0.15, 0.2) is 77.6 Å². The number of carbonyl (C=O) groups excluding carboxylic acids is 1. The number of aromatic amines is 1. The van der Waals surface area contributed by atoms with Crippen molar-refractivity contribution in [1.82, 2.24) is 14.5 Å². The van der Waals surface area contributed by atoms with Crippen LogP contribution >= 0.6 is 23.8 Å². The van der Waals surface area contributed by atoms with Crippen LogP contribution in [-0.4, -0.2) is 27.4 Å². The standard InChI is InChI=1S/C25H22ClN3O2S/c1-28(16-18-8-5-9-20(26)14-18)23(30)19-10-11-21-22(15-19)27-25(32)29(24(21)31)13-12-17-6-3-2-4-7-17/h2-11,14-15H,12-13,16H2,1H3,(H,27,32). The van der Waals surface area contributed by atoms with Crippen molar-refractivity contribution in [3.63, 3.8) is 0 Å². The van der Waals surface area contributed by atoms with Crippen LogP contribution in [-0.2, 0) is 19.5 Å². The molecule has 4 rings (SSSR count). The zero-order valence-electron chi connectivity index (χ0n) is 17.5. The van der Waals surface area contributed by atoms with Crippen LogP contribution in [0, 0.1) is 4.77 Å². The lowest BCUT2D eigenvalue weighted by atomic mass is 10.1. The average Bonchev–Trinajstić information content (AvgIpc) is 2.78. The van der Waals surface area contributed by atoms with Gasteiger partial charge in [0.1, 0.15) is 0 Å². The molecule has 0 spiro atoms. The van der Waals surface area contributed by atoms with E-state index in [0.29, 0.717) is 45.8 Å². The Morgan fingerprint density at radius 3 is 2.53 bits per heavy atom. The first-order valence-corrected chi connectivity index (χ1v) is 11.0. The van der Waals surface area contributed by atoms with Crippen molar-refractivity contribution < 1.29 is 4.79 Å². The van der Waals surface area contributed by atoms with Crippen LogP contribution in [0.25, 0.3) is 10.9 Å². The number of aromatic nitrogens is 2. The maximum atomic E-state index is 13.0. The first-order chi connectivity index (χ1) is 15.4. The number of hydrogen-bond donors (Lipinski definition) is 1. The number of halogens is 1. The minimum Gasteiger partial charge on any atom is -0.337 e. The Labute approximate surface area is 195 Å². The van der Waals surface area contributed by atoms with E-state index in [1.165, 1.54) is 0 Å². The lowest BCUT2D eigenvalue weighted by Gasteiger charge is -2.18. The lowest BCUT2D eigenvalue weighted by Crippen LogP contribution is -2.27. The van der Waals surface area contributed by atoms with Crippen LogP contribution < -0.4 is 5.56 Å². The van der Waals surface area contributed by atoms with E-state index in [1.54, 1.807) is 40.8 Å². The van der Waals surface area contributed by atoms with E-state index in [9.17, 15) is 9.59 Å². The van der Waals surface area contributed by atoms with Gasteiger partial charge in [0, 0.05) is 30.7 Å². The van der Waals surface area contributed by atoms with Crippen LogP contribution in [0.5, 0.6) is 0 Å². The van der Waals surface area contributed by atoms with Crippen LogP contribution in [0.4, 0.5) is 0 Å². The number of aryl methyl sites for hydroxylation is 1. The van der Waals surface area contributed by atoms with Gasteiger partial charge in [-0.25, -0.2) is 0 Å². The fourth-order valence-corrected chi connectivity index (χ4v) is 4.17. The van der Waals surface area contributed by atoms with Gasteiger partial charge in [0.25, 0.3) is 11.5 Å². The number of fused-ring (bicyclic) bond motifs is 1. The van der Waals surface area contributed by atoms with E-state index in [1.807, 2.05) is 48.5 Å². The predicted octanol–water partition coefficient (Wildman–Crippen LogP) is 5.23. The molecule has 0 radical (unpaired) electrons. The molecule has 1 heterocycles. The Kier molecular flexibility index (Phi) is 6.53. The van der Waals surface area contributed by atoms with Crippen molar-refractivity contribution in [3.05, 3.63) is 110 Å². The van der Waals surface area contributed by atoms with E-state index in [4.69, 9.17) is 23.8 Å². The topological polar surface area (TPSA) is 58.1 Å². The lowest BCUT2D eigenvalue weighted by molar-refractivity contribution is 0.0785. The number of nitrogens with zero attached hydrogens (tertiary/aromatic N) is 2. The molecular formula is C25H22ClN3O2S. The minimum atomic E-state index is -0.161. The molecule has 0 fully saturated rings. The molecule has 162 valence electrons. The number of carbonyl (C=O) groups is 1. The van der Waals surface area contributed by atoms with Crippen molar-refractivity contribution in [2.75, 3.05) is 7.05 Å². The first kappa shape index (κ1) is 22.0. The van der Waals surface area contributed by atoms with Gasteiger partial charge >= 0.3 is 0 Å². The Bertz CT molecular complexity index is 1400. The second kappa shape index (κ2) is 9.51. The summed E-state index contributed by atoms with van der Waals surface area (Å²) in [7, 11) is 1.73. The third-order valence-corrected chi connectivity index (χ3v) is 5.91. The zero-order chi connectivity index (χ0) is 22.7. The maximum Gasteiger partial charge on any atom is 0.262 e. The summed E-state index contributed by atoms with van der Waals surface area (Å²) in [5, 5.41) is 1.13. The van der Waals surface area contributed by atoms with Gasteiger partial charge in [-0.15, -0.1) is 0 Å². The summed E-state index contributed by atoms with van der Waals surface area (Å²) in [5.74, 6) is -0.153. The second-order valence-corrected chi connectivity index (χ2v) is 8.50. The summed E-state index contributed by atoms with van der Waals surface area (Å²) < 4.78 is 1.91. The van der Waals surface area contributed by atoms with Gasteiger partial charge in [0.15, 0.2) is 4.77 Å². The summed E-state index contributed by atoms with van der Waals surface area (Å²) in [5.41, 5.74) is 2.95. The van der Waals surface area contributed by atoms with E-state index in [2.05, 4.69) is 4.98 Å². The highest BCUT2D eigenvalue weighted by atomic mass is 35.5. The molecule has 0 aliphatic heterocycles. The molecule has 32 heavy (non-hydrogen) atoms. The molecule has 0 unspecified atom stereocenters. The Morgan fingerprint density at radius 1 is 1.03 bits per heavy atom. The van der Waals surface area contributed by atoms with Crippen LogP contribution in [0.1, 0.15) is 21.5 Å². The maximum absolute atomic E-state index is 13.0. The smallest absolute Gasteiger partial charge is 0.262 e. The summed E-state index contributed by atoms with van der Waals surface area (Å²) in [6, 6.07) is 22.4. The molecule has 5 nitrogen and oxygen atoms in total. The molecule has 0 saturated carbocycles. The van der Waals surface area contributed by atoms with Crippen LogP contribution in [0.2, 0.25) is 5.02 Å². The fraction of sp³-hybridized carbons (Fsp3) is 0.160. The predicted molar refractivity (Wildman–Crippen MR) is 131 cm³/mol. The largest absolute Gasteiger partial charge is 0.337 e. The van der Waals surface area contributed by atoms with Crippen molar-refractivity contribution in [1.29, 1.82) is 0 Å². The molecule has 1 amide bonds. The van der Waals surface area contributed by atoms with Gasteiger partial charge in [0.2, 0.25) is 0 Å².